The molecule has 0 aliphatic carbocycles. The molecule has 1 fully saturated rings. The summed E-state index contributed by atoms with van der Waals surface area (Å²) in [7, 11) is 0. The summed E-state index contributed by atoms with van der Waals surface area (Å²) in [6.45, 7) is 2.52. The van der Waals surface area contributed by atoms with Gasteiger partial charge in [-0.15, -0.1) is 0 Å². The van der Waals surface area contributed by atoms with E-state index in [1.54, 1.807) is 35.4 Å². The summed E-state index contributed by atoms with van der Waals surface area (Å²) in [6, 6.07) is 18.9. The minimum atomic E-state index is -0.427. The number of carbonyl (C=O) groups excluding carboxylic acids is 2. The highest BCUT2D eigenvalue weighted by molar-refractivity contribution is 6.11. The minimum Gasteiger partial charge on any atom is -0.368 e. The van der Waals surface area contributed by atoms with Crippen molar-refractivity contribution in [2.75, 3.05) is 36.0 Å². The molecule has 1 saturated heterocycles. The summed E-state index contributed by atoms with van der Waals surface area (Å²) in [5, 5.41) is 0. The van der Waals surface area contributed by atoms with Crippen molar-refractivity contribution in [3.63, 3.8) is 0 Å². The second-order valence-electron chi connectivity index (χ2n) is 8.01. The first-order chi connectivity index (χ1) is 15.6. The van der Waals surface area contributed by atoms with Gasteiger partial charge in [0.1, 0.15) is 5.82 Å². The van der Waals surface area contributed by atoms with Crippen LogP contribution in [0.15, 0.2) is 72.9 Å². The van der Waals surface area contributed by atoms with Crippen molar-refractivity contribution >= 4 is 23.2 Å². The Morgan fingerprint density at radius 2 is 1.62 bits per heavy atom. The van der Waals surface area contributed by atoms with Gasteiger partial charge < -0.3 is 9.80 Å². The number of amides is 2. The fraction of sp³-hybridized carbons (Fsp3) is 0.240. The first-order valence-electron chi connectivity index (χ1n) is 10.7. The number of piperazine rings is 1. The van der Waals surface area contributed by atoms with Gasteiger partial charge in [0.15, 0.2) is 0 Å². The van der Waals surface area contributed by atoms with Crippen molar-refractivity contribution in [2.45, 2.75) is 12.5 Å². The first-order valence-corrected chi connectivity index (χ1v) is 10.7. The van der Waals surface area contributed by atoms with E-state index in [0.717, 1.165) is 11.4 Å². The summed E-state index contributed by atoms with van der Waals surface area (Å²) >= 11 is 0. The third-order valence-corrected chi connectivity index (χ3v) is 6.14. The maximum Gasteiger partial charge on any atom is 0.260 e. The number of halogens is 1. The van der Waals surface area contributed by atoms with Crippen LogP contribution in [0, 0.1) is 5.82 Å². The molecule has 0 unspecified atom stereocenters. The standard InChI is InChI=1S/C25H23FN4O2/c26-18-8-10-19(11-9-18)28-13-15-29(16-14-28)23(31)17-22-24-21(7-4-12-27-24)25(32)30(22)20-5-2-1-3-6-20/h1-12,22H,13-17H2/t22-/m1/s1. The van der Waals surface area contributed by atoms with Gasteiger partial charge in [0.2, 0.25) is 5.91 Å². The second-order valence-corrected chi connectivity index (χ2v) is 8.01. The zero-order valence-electron chi connectivity index (χ0n) is 17.5. The molecule has 2 aliphatic rings. The molecule has 2 aromatic carbocycles. The van der Waals surface area contributed by atoms with E-state index in [1.165, 1.54) is 12.1 Å². The lowest BCUT2D eigenvalue weighted by atomic mass is 10.1. The van der Waals surface area contributed by atoms with Crippen molar-refractivity contribution in [1.82, 2.24) is 9.88 Å². The van der Waals surface area contributed by atoms with Crippen LogP contribution >= 0.6 is 0 Å². The van der Waals surface area contributed by atoms with Crippen molar-refractivity contribution < 1.29 is 14.0 Å². The molecule has 3 heterocycles. The Hall–Kier alpha value is -3.74. The number of rotatable bonds is 4. The van der Waals surface area contributed by atoms with Gasteiger partial charge in [0, 0.05) is 43.8 Å². The summed E-state index contributed by atoms with van der Waals surface area (Å²) in [6.07, 6.45) is 1.85. The van der Waals surface area contributed by atoms with Gasteiger partial charge in [-0.3, -0.25) is 19.5 Å². The van der Waals surface area contributed by atoms with Crippen LogP contribution in [0.4, 0.5) is 15.8 Å². The number of pyridine rings is 1. The average Bonchev–Trinajstić information content (AvgIpc) is 3.12. The number of para-hydroxylation sites is 1. The van der Waals surface area contributed by atoms with Gasteiger partial charge in [-0.2, -0.15) is 0 Å². The number of benzene rings is 2. The van der Waals surface area contributed by atoms with Gasteiger partial charge in [-0.25, -0.2) is 4.39 Å². The minimum absolute atomic E-state index is 0.000917. The maximum absolute atomic E-state index is 13.2. The third kappa shape index (κ3) is 3.70. The molecule has 0 bridgehead atoms. The highest BCUT2D eigenvalue weighted by Gasteiger charge is 2.40. The second kappa shape index (κ2) is 8.42. The first kappa shape index (κ1) is 20.2. The fourth-order valence-electron chi connectivity index (χ4n) is 4.49. The number of nitrogens with zero attached hydrogens (tertiary/aromatic N) is 4. The molecule has 0 saturated carbocycles. The number of carbonyl (C=O) groups is 2. The Morgan fingerprint density at radius 3 is 2.34 bits per heavy atom. The van der Waals surface area contributed by atoms with Gasteiger partial charge in [-0.1, -0.05) is 18.2 Å². The molecule has 1 aromatic heterocycles. The van der Waals surface area contributed by atoms with Crippen molar-refractivity contribution in [1.29, 1.82) is 0 Å². The number of hydrogen-bond donors (Lipinski definition) is 0. The summed E-state index contributed by atoms with van der Waals surface area (Å²) in [5.41, 5.74) is 2.91. The topological polar surface area (TPSA) is 56.8 Å². The predicted molar refractivity (Wildman–Crippen MR) is 120 cm³/mol. The van der Waals surface area contributed by atoms with E-state index < -0.39 is 6.04 Å². The van der Waals surface area contributed by atoms with Gasteiger partial charge in [-0.05, 0) is 48.5 Å². The van der Waals surface area contributed by atoms with E-state index in [9.17, 15) is 14.0 Å². The van der Waals surface area contributed by atoms with Gasteiger partial charge >= 0.3 is 0 Å². The molecular weight excluding hydrogens is 407 g/mol. The van der Waals surface area contributed by atoms with E-state index in [2.05, 4.69) is 9.88 Å². The van der Waals surface area contributed by atoms with Gasteiger partial charge in [0.25, 0.3) is 5.91 Å². The number of hydrogen-bond acceptors (Lipinski definition) is 4. The lowest BCUT2D eigenvalue weighted by molar-refractivity contribution is -0.131. The molecule has 2 aliphatic heterocycles. The van der Waals surface area contributed by atoms with Crippen molar-refractivity contribution in [2.24, 2.45) is 0 Å². The molecule has 6 nitrogen and oxygen atoms in total. The van der Waals surface area contributed by atoms with Crippen LogP contribution in [0.1, 0.15) is 28.5 Å². The van der Waals surface area contributed by atoms with E-state index in [-0.39, 0.29) is 24.1 Å². The number of anilines is 2. The summed E-state index contributed by atoms with van der Waals surface area (Å²) in [4.78, 5) is 36.5. The van der Waals surface area contributed by atoms with Crippen LogP contribution in [0.3, 0.4) is 0 Å². The normalized spacial score (nSPS) is 18.1. The predicted octanol–water partition coefficient (Wildman–Crippen LogP) is 3.66. The lowest BCUT2D eigenvalue weighted by Crippen LogP contribution is -2.49. The molecule has 162 valence electrons. The monoisotopic (exact) mass is 430 g/mol. The van der Waals surface area contributed by atoms with Crippen LogP contribution in [-0.4, -0.2) is 47.9 Å². The maximum atomic E-state index is 13.2. The molecular formula is C25H23FN4O2. The Bertz CT molecular complexity index is 1130. The van der Waals surface area contributed by atoms with E-state index >= 15 is 0 Å². The average molecular weight is 430 g/mol. The Balaban J connectivity index is 1.31. The zero-order chi connectivity index (χ0) is 22.1. The van der Waals surface area contributed by atoms with E-state index in [1.807, 2.05) is 35.2 Å². The quantitative estimate of drug-likeness (QED) is 0.634. The van der Waals surface area contributed by atoms with Gasteiger partial charge in [0.05, 0.1) is 23.7 Å². The molecule has 32 heavy (non-hydrogen) atoms. The number of fused-ring (bicyclic) bond motifs is 1. The molecule has 0 radical (unpaired) electrons. The molecule has 0 spiro atoms. The Morgan fingerprint density at radius 1 is 0.906 bits per heavy atom. The van der Waals surface area contributed by atoms with Crippen LogP contribution in [0.25, 0.3) is 0 Å². The van der Waals surface area contributed by atoms with Crippen molar-refractivity contribution in [3.8, 4) is 0 Å². The zero-order valence-corrected chi connectivity index (χ0v) is 17.5. The Kier molecular flexibility index (Phi) is 5.31. The van der Waals surface area contributed by atoms with Crippen LogP contribution in [0.5, 0.6) is 0 Å². The molecule has 5 rings (SSSR count). The van der Waals surface area contributed by atoms with E-state index in [4.69, 9.17) is 0 Å². The highest BCUT2D eigenvalue weighted by atomic mass is 19.1. The highest BCUT2D eigenvalue weighted by Crippen LogP contribution is 2.38. The summed E-state index contributed by atoms with van der Waals surface area (Å²) in [5.74, 6) is -0.384. The molecule has 7 heteroatoms. The largest absolute Gasteiger partial charge is 0.368 e. The van der Waals surface area contributed by atoms with Crippen LogP contribution < -0.4 is 9.80 Å². The SMILES string of the molecule is O=C(C[C@@H]1c2ncccc2C(=O)N1c1ccccc1)N1CCN(c2ccc(F)cc2)CC1. The number of aromatic nitrogens is 1. The molecule has 1 atom stereocenters. The van der Waals surface area contributed by atoms with Crippen LogP contribution in [-0.2, 0) is 4.79 Å². The molecule has 0 N–H and O–H groups in total. The van der Waals surface area contributed by atoms with Crippen molar-refractivity contribution in [3.05, 3.63) is 90.0 Å². The van der Waals surface area contributed by atoms with Crippen LogP contribution in [0.2, 0.25) is 0 Å². The lowest BCUT2D eigenvalue weighted by Gasteiger charge is -2.37. The summed E-state index contributed by atoms with van der Waals surface area (Å²) < 4.78 is 13.2. The van der Waals surface area contributed by atoms with E-state index in [0.29, 0.717) is 37.4 Å². The fourth-order valence-corrected chi connectivity index (χ4v) is 4.49. The molecule has 2 amide bonds. The molecule has 3 aromatic rings. The third-order valence-electron chi connectivity index (χ3n) is 6.14. The Labute approximate surface area is 185 Å². The smallest absolute Gasteiger partial charge is 0.260 e.